The second kappa shape index (κ2) is 7.26. The average molecular weight is 294 g/mol. The van der Waals surface area contributed by atoms with Crippen LogP contribution >= 0.6 is 0 Å². The first-order valence-electron chi connectivity index (χ1n) is 7.18. The van der Waals surface area contributed by atoms with Crippen LogP contribution < -0.4 is 5.32 Å². The SMILES string of the molecule is CC.Cc1cnc(C(=O)Nc2cccc3cccnc23)cn1. The Hall–Kier alpha value is -2.82. The minimum absolute atomic E-state index is 0.281. The Kier molecular flexibility index (Phi) is 5.14. The average Bonchev–Trinajstić information content (AvgIpc) is 2.57. The molecule has 22 heavy (non-hydrogen) atoms. The molecule has 0 saturated heterocycles. The van der Waals surface area contributed by atoms with Crippen LogP contribution in [0.15, 0.2) is 48.9 Å². The smallest absolute Gasteiger partial charge is 0.275 e. The van der Waals surface area contributed by atoms with Crippen molar-refractivity contribution < 1.29 is 4.79 Å². The summed E-state index contributed by atoms with van der Waals surface area (Å²) in [5.41, 5.74) is 2.47. The fourth-order valence-corrected chi connectivity index (χ4v) is 1.90. The highest BCUT2D eigenvalue weighted by Gasteiger charge is 2.10. The third kappa shape index (κ3) is 3.44. The molecule has 0 atom stereocenters. The highest BCUT2D eigenvalue weighted by molar-refractivity contribution is 6.07. The minimum atomic E-state index is -0.296. The molecule has 0 radical (unpaired) electrons. The van der Waals surface area contributed by atoms with E-state index < -0.39 is 0 Å². The first-order valence-corrected chi connectivity index (χ1v) is 7.18. The van der Waals surface area contributed by atoms with Crippen molar-refractivity contribution >= 4 is 22.5 Å². The number of hydrogen-bond acceptors (Lipinski definition) is 4. The van der Waals surface area contributed by atoms with Gasteiger partial charge in [-0.2, -0.15) is 0 Å². The Morgan fingerprint density at radius 2 is 1.77 bits per heavy atom. The number of aromatic nitrogens is 3. The van der Waals surface area contributed by atoms with Gasteiger partial charge in [0.15, 0.2) is 0 Å². The molecule has 0 fully saturated rings. The number of nitrogens with zero attached hydrogens (tertiary/aromatic N) is 3. The summed E-state index contributed by atoms with van der Waals surface area (Å²) in [6.45, 7) is 5.82. The second-order valence-electron chi connectivity index (χ2n) is 4.38. The molecule has 0 bridgehead atoms. The molecular formula is C17H18N4O. The molecule has 5 nitrogen and oxygen atoms in total. The number of para-hydroxylation sites is 1. The fourth-order valence-electron chi connectivity index (χ4n) is 1.90. The predicted molar refractivity (Wildman–Crippen MR) is 87.8 cm³/mol. The highest BCUT2D eigenvalue weighted by atomic mass is 16.1. The Labute approximate surface area is 129 Å². The zero-order valence-corrected chi connectivity index (χ0v) is 12.9. The van der Waals surface area contributed by atoms with Gasteiger partial charge >= 0.3 is 0 Å². The third-order valence-electron chi connectivity index (χ3n) is 2.89. The molecule has 3 rings (SSSR count). The van der Waals surface area contributed by atoms with E-state index >= 15 is 0 Å². The van der Waals surface area contributed by atoms with Crippen molar-refractivity contribution in [2.24, 2.45) is 0 Å². The topological polar surface area (TPSA) is 67.8 Å². The summed E-state index contributed by atoms with van der Waals surface area (Å²) in [5, 5.41) is 3.79. The van der Waals surface area contributed by atoms with E-state index in [2.05, 4.69) is 20.3 Å². The van der Waals surface area contributed by atoms with Crippen LogP contribution in [0.1, 0.15) is 30.0 Å². The zero-order chi connectivity index (χ0) is 15.9. The Morgan fingerprint density at radius 3 is 2.50 bits per heavy atom. The van der Waals surface area contributed by atoms with Gasteiger partial charge < -0.3 is 5.32 Å². The number of carbonyl (C=O) groups excluding carboxylic acids is 1. The lowest BCUT2D eigenvalue weighted by Crippen LogP contribution is -2.14. The van der Waals surface area contributed by atoms with Crippen molar-refractivity contribution in [1.29, 1.82) is 0 Å². The number of fused-ring (bicyclic) bond motifs is 1. The number of anilines is 1. The van der Waals surface area contributed by atoms with E-state index in [0.29, 0.717) is 5.69 Å². The molecule has 2 heterocycles. The molecule has 1 aromatic carbocycles. The molecule has 0 unspecified atom stereocenters. The molecule has 1 N–H and O–H groups in total. The van der Waals surface area contributed by atoms with Crippen LogP contribution in [0, 0.1) is 6.92 Å². The number of aryl methyl sites for hydroxylation is 1. The van der Waals surface area contributed by atoms with Gasteiger partial charge in [-0.15, -0.1) is 0 Å². The Bertz CT molecular complexity index is 764. The normalized spacial score (nSPS) is 9.77. The number of pyridine rings is 1. The van der Waals surface area contributed by atoms with Gasteiger partial charge in [-0.05, 0) is 19.1 Å². The highest BCUT2D eigenvalue weighted by Crippen LogP contribution is 2.20. The first-order chi connectivity index (χ1) is 10.7. The summed E-state index contributed by atoms with van der Waals surface area (Å²) in [6.07, 6.45) is 4.73. The van der Waals surface area contributed by atoms with Gasteiger partial charge in [0.1, 0.15) is 5.69 Å². The van der Waals surface area contributed by atoms with Crippen molar-refractivity contribution in [1.82, 2.24) is 15.0 Å². The van der Waals surface area contributed by atoms with Gasteiger partial charge in [0.25, 0.3) is 5.91 Å². The predicted octanol–water partition coefficient (Wildman–Crippen LogP) is 3.61. The van der Waals surface area contributed by atoms with Crippen LogP contribution in [0.3, 0.4) is 0 Å². The van der Waals surface area contributed by atoms with Gasteiger partial charge in [0, 0.05) is 17.8 Å². The lowest BCUT2D eigenvalue weighted by molar-refractivity contribution is 0.102. The van der Waals surface area contributed by atoms with Crippen LogP contribution in [-0.4, -0.2) is 20.9 Å². The fraction of sp³-hybridized carbons (Fsp3) is 0.176. The maximum atomic E-state index is 12.1. The summed E-state index contributed by atoms with van der Waals surface area (Å²) in [6, 6.07) is 9.45. The van der Waals surface area contributed by atoms with Crippen molar-refractivity contribution in [3.63, 3.8) is 0 Å². The van der Waals surface area contributed by atoms with E-state index in [1.54, 1.807) is 12.4 Å². The number of carbonyl (C=O) groups is 1. The van der Waals surface area contributed by atoms with Crippen LogP contribution in [0.25, 0.3) is 10.9 Å². The molecule has 3 aromatic rings. The maximum absolute atomic E-state index is 12.1. The van der Waals surface area contributed by atoms with Crippen LogP contribution in [0.2, 0.25) is 0 Å². The maximum Gasteiger partial charge on any atom is 0.275 e. The Balaban J connectivity index is 0.000000847. The number of amides is 1. The molecule has 1 amide bonds. The van der Waals surface area contributed by atoms with E-state index in [1.165, 1.54) is 6.20 Å². The number of rotatable bonds is 2. The van der Waals surface area contributed by atoms with E-state index in [4.69, 9.17) is 0 Å². The zero-order valence-electron chi connectivity index (χ0n) is 12.9. The van der Waals surface area contributed by atoms with Gasteiger partial charge in [0.05, 0.1) is 23.1 Å². The molecule has 0 aliphatic carbocycles. The van der Waals surface area contributed by atoms with E-state index in [-0.39, 0.29) is 11.6 Å². The molecule has 0 aliphatic heterocycles. The molecule has 0 spiro atoms. The first kappa shape index (κ1) is 15.6. The lowest BCUT2D eigenvalue weighted by atomic mass is 10.2. The van der Waals surface area contributed by atoms with Crippen LogP contribution in [0.4, 0.5) is 5.69 Å². The number of hydrogen-bond donors (Lipinski definition) is 1. The second-order valence-corrected chi connectivity index (χ2v) is 4.38. The third-order valence-corrected chi connectivity index (χ3v) is 2.89. The van der Waals surface area contributed by atoms with Crippen molar-refractivity contribution in [3.05, 3.63) is 60.3 Å². The quantitative estimate of drug-likeness (QED) is 0.784. The summed E-state index contributed by atoms with van der Waals surface area (Å²) in [4.78, 5) is 24.5. The molecule has 2 aromatic heterocycles. The largest absolute Gasteiger partial charge is 0.319 e. The van der Waals surface area contributed by atoms with E-state index in [1.807, 2.05) is 51.1 Å². The summed E-state index contributed by atoms with van der Waals surface area (Å²) < 4.78 is 0. The number of nitrogens with one attached hydrogen (secondary N) is 1. The molecule has 0 aliphatic rings. The van der Waals surface area contributed by atoms with Crippen molar-refractivity contribution in [2.45, 2.75) is 20.8 Å². The Morgan fingerprint density at radius 1 is 1.00 bits per heavy atom. The van der Waals surface area contributed by atoms with Gasteiger partial charge in [0.2, 0.25) is 0 Å². The van der Waals surface area contributed by atoms with Crippen molar-refractivity contribution in [3.8, 4) is 0 Å². The van der Waals surface area contributed by atoms with E-state index in [0.717, 1.165) is 16.6 Å². The minimum Gasteiger partial charge on any atom is -0.319 e. The summed E-state index contributed by atoms with van der Waals surface area (Å²) in [5.74, 6) is -0.296. The van der Waals surface area contributed by atoms with Gasteiger partial charge in [-0.25, -0.2) is 4.98 Å². The molecule has 5 heteroatoms. The van der Waals surface area contributed by atoms with Gasteiger partial charge in [-0.1, -0.05) is 32.0 Å². The van der Waals surface area contributed by atoms with Gasteiger partial charge in [-0.3, -0.25) is 14.8 Å². The standard InChI is InChI=1S/C15H12N4O.C2H6/c1-10-8-18-13(9-17-10)15(20)19-12-6-2-4-11-5-3-7-16-14(11)12;1-2/h2-9H,1H3,(H,19,20);1-2H3. The van der Waals surface area contributed by atoms with E-state index in [9.17, 15) is 4.79 Å². The summed E-state index contributed by atoms with van der Waals surface area (Å²) >= 11 is 0. The van der Waals surface area contributed by atoms with Crippen LogP contribution in [0.5, 0.6) is 0 Å². The van der Waals surface area contributed by atoms with Crippen LogP contribution in [-0.2, 0) is 0 Å². The molecular weight excluding hydrogens is 276 g/mol. The summed E-state index contributed by atoms with van der Waals surface area (Å²) in [7, 11) is 0. The molecule has 112 valence electrons. The monoisotopic (exact) mass is 294 g/mol. The lowest BCUT2D eigenvalue weighted by Gasteiger charge is -2.07. The van der Waals surface area contributed by atoms with Crippen molar-refractivity contribution in [2.75, 3.05) is 5.32 Å². The number of benzene rings is 1. The molecule has 0 saturated carbocycles.